The molecule has 2 heterocycles. The number of benzene rings is 5. The smallest absolute Gasteiger partial charge is 0.134 e. The van der Waals surface area contributed by atoms with Crippen LogP contribution in [0.4, 0.5) is 17.1 Å². The van der Waals surface area contributed by atoms with Crippen LogP contribution in [0.25, 0.3) is 38.5 Å². The summed E-state index contributed by atoms with van der Waals surface area (Å²) in [6, 6.07) is 44.7. The average Bonchev–Trinajstić information content (AvgIpc) is 3.53. The lowest BCUT2D eigenvalue weighted by Gasteiger charge is -2.25. The third-order valence-electron chi connectivity index (χ3n) is 6.66. The van der Waals surface area contributed by atoms with E-state index in [2.05, 4.69) is 137 Å². The van der Waals surface area contributed by atoms with E-state index in [1.54, 1.807) is 6.26 Å². The summed E-state index contributed by atoms with van der Waals surface area (Å²) >= 11 is 0. The minimum Gasteiger partial charge on any atom is -0.464 e. The van der Waals surface area contributed by atoms with Crippen molar-refractivity contribution in [2.24, 2.45) is 0 Å². The maximum absolute atomic E-state index is 5.70. The molecule has 7 rings (SSSR count). The normalized spacial score (nSPS) is 11.4. The zero-order valence-electron chi connectivity index (χ0n) is 19.0. The van der Waals surface area contributed by atoms with Crippen molar-refractivity contribution in [1.82, 2.24) is 4.57 Å². The van der Waals surface area contributed by atoms with Crippen molar-refractivity contribution in [2.45, 2.75) is 0 Å². The first-order valence-electron chi connectivity index (χ1n) is 11.8. The first kappa shape index (κ1) is 19.7. The summed E-state index contributed by atoms with van der Waals surface area (Å²) in [5.41, 5.74) is 7.78. The number of para-hydroxylation sites is 3. The molecule has 0 aliphatic carbocycles. The zero-order chi connectivity index (χ0) is 23.2. The Kier molecular flexibility index (Phi) is 4.46. The number of anilines is 3. The molecule has 3 heteroatoms. The molecule has 0 aliphatic heterocycles. The van der Waals surface area contributed by atoms with Gasteiger partial charge in [0, 0.05) is 38.9 Å². The number of aromatic nitrogens is 1. The molecule has 0 aliphatic rings. The number of furan rings is 1. The third kappa shape index (κ3) is 3.13. The molecule has 0 unspecified atom stereocenters. The van der Waals surface area contributed by atoms with Gasteiger partial charge in [-0.25, -0.2) is 0 Å². The van der Waals surface area contributed by atoms with Gasteiger partial charge in [0.05, 0.1) is 17.3 Å². The number of nitrogens with zero attached hydrogens (tertiary/aromatic N) is 2. The summed E-state index contributed by atoms with van der Waals surface area (Å²) in [5, 5.41) is 3.60. The molecule has 5 aromatic carbocycles. The Labute approximate surface area is 203 Å². The molecule has 0 saturated carbocycles. The van der Waals surface area contributed by atoms with E-state index in [1.165, 1.54) is 21.8 Å². The van der Waals surface area contributed by atoms with Gasteiger partial charge in [-0.1, -0.05) is 54.6 Å². The van der Waals surface area contributed by atoms with Crippen LogP contribution in [0.2, 0.25) is 0 Å². The van der Waals surface area contributed by atoms with Crippen molar-refractivity contribution in [3.63, 3.8) is 0 Å². The summed E-state index contributed by atoms with van der Waals surface area (Å²) in [6.45, 7) is 0. The van der Waals surface area contributed by atoms with Crippen molar-refractivity contribution in [1.29, 1.82) is 0 Å². The van der Waals surface area contributed by atoms with E-state index in [4.69, 9.17) is 4.42 Å². The van der Waals surface area contributed by atoms with Gasteiger partial charge in [-0.05, 0) is 72.8 Å². The Balaban J connectivity index is 1.41. The van der Waals surface area contributed by atoms with Crippen molar-refractivity contribution in [3.8, 4) is 5.69 Å². The largest absolute Gasteiger partial charge is 0.464 e. The standard InChI is InChI=1S/C32H22N2O/c1-3-9-23(10-4-1)33(24-11-5-2-6-12-24)25-15-17-26(18-16-25)34-29-14-8-7-13-27(29)32-28-21-22-35-31(28)20-19-30(32)34/h1-22H. The summed E-state index contributed by atoms with van der Waals surface area (Å²) in [4.78, 5) is 2.28. The molecule has 2 aromatic heterocycles. The molecule has 3 nitrogen and oxygen atoms in total. The summed E-state index contributed by atoms with van der Waals surface area (Å²) in [6.07, 6.45) is 1.77. The van der Waals surface area contributed by atoms with Crippen LogP contribution in [0.15, 0.2) is 138 Å². The topological polar surface area (TPSA) is 21.3 Å². The van der Waals surface area contributed by atoms with Gasteiger partial charge in [-0.3, -0.25) is 0 Å². The maximum atomic E-state index is 5.70. The minimum absolute atomic E-state index is 0.914. The summed E-state index contributed by atoms with van der Waals surface area (Å²) in [7, 11) is 0. The van der Waals surface area contributed by atoms with Crippen LogP contribution < -0.4 is 4.90 Å². The first-order valence-corrected chi connectivity index (χ1v) is 11.8. The van der Waals surface area contributed by atoms with Crippen LogP contribution in [-0.2, 0) is 0 Å². The number of hydrogen-bond acceptors (Lipinski definition) is 2. The molecular formula is C32H22N2O. The highest BCUT2D eigenvalue weighted by atomic mass is 16.3. The second-order valence-corrected chi connectivity index (χ2v) is 8.67. The molecule has 0 fully saturated rings. The molecule has 0 N–H and O–H groups in total. The van der Waals surface area contributed by atoms with Gasteiger partial charge in [0.15, 0.2) is 0 Å². The van der Waals surface area contributed by atoms with Crippen LogP contribution in [0.3, 0.4) is 0 Å². The van der Waals surface area contributed by atoms with Crippen LogP contribution >= 0.6 is 0 Å². The van der Waals surface area contributed by atoms with Crippen LogP contribution in [0, 0.1) is 0 Å². The molecule has 0 radical (unpaired) electrons. The van der Waals surface area contributed by atoms with Gasteiger partial charge >= 0.3 is 0 Å². The van der Waals surface area contributed by atoms with E-state index < -0.39 is 0 Å². The first-order chi connectivity index (χ1) is 17.4. The predicted octanol–water partition coefficient (Wildman–Crippen LogP) is 9.00. The highest BCUT2D eigenvalue weighted by Crippen LogP contribution is 2.38. The minimum atomic E-state index is 0.914. The highest BCUT2D eigenvalue weighted by Gasteiger charge is 2.16. The van der Waals surface area contributed by atoms with Crippen LogP contribution in [0.5, 0.6) is 0 Å². The van der Waals surface area contributed by atoms with Crippen molar-refractivity contribution in [2.75, 3.05) is 4.90 Å². The lowest BCUT2D eigenvalue weighted by molar-refractivity contribution is 0.616. The van der Waals surface area contributed by atoms with E-state index in [-0.39, 0.29) is 0 Å². The summed E-state index contributed by atoms with van der Waals surface area (Å²) < 4.78 is 8.04. The number of hydrogen-bond donors (Lipinski definition) is 0. The zero-order valence-corrected chi connectivity index (χ0v) is 19.0. The Hall–Kier alpha value is -4.76. The Bertz CT molecular complexity index is 1740. The second kappa shape index (κ2) is 7.93. The molecular weight excluding hydrogens is 428 g/mol. The molecule has 0 spiro atoms. The van der Waals surface area contributed by atoms with Gasteiger partial charge in [0.25, 0.3) is 0 Å². The highest BCUT2D eigenvalue weighted by molar-refractivity contribution is 6.20. The van der Waals surface area contributed by atoms with Crippen molar-refractivity contribution in [3.05, 3.63) is 134 Å². The Morgan fingerprint density at radius 1 is 0.486 bits per heavy atom. The molecule has 7 aromatic rings. The van der Waals surface area contributed by atoms with E-state index in [0.717, 1.165) is 33.7 Å². The SMILES string of the molecule is c1ccc(N(c2ccccc2)c2ccc(-n3c4ccccc4c4c5ccoc5ccc43)cc2)cc1. The molecule has 35 heavy (non-hydrogen) atoms. The van der Waals surface area contributed by atoms with Gasteiger partial charge in [-0.2, -0.15) is 0 Å². The van der Waals surface area contributed by atoms with E-state index >= 15 is 0 Å². The lowest BCUT2D eigenvalue weighted by atomic mass is 10.1. The van der Waals surface area contributed by atoms with Crippen molar-refractivity contribution >= 4 is 49.8 Å². The molecule has 0 bridgehead atoms. The van der Waals surface area contributed by atoms with Crippen LogP contribution in [-0.4, -0.2) is 4.57 Å². The molecule has 0 saturated heterocycles. The Morgan fingerprint density at radius 3 is 1.83 bits per heavy atom. The Morgan fingerprint density at radius 2 is 1.11 bits per heavy atom. The number of fused-ring (bicyclic) bond motifs is 5. The fourth-order valence-corrected chi connectivity index (χ4v) is 5.14. The summed E-state index contributed by atoms with van der Waals surface area (Å²) in [5.74, 6) is 0. The molecule has 0 amide bonds. The van der Waals surface area contributed by atoms with Gasteiger partial charge in [0.1, 0.15) is 5.58 Å². The monoisotopic (exact) mass is 450 g/mol. The van der Waals surface area contributed by atoms with Crippen LogP contribution in [0.1, 0.15) is 0 Å². The second-order valence-electron chi connectivity index (χ2n) is 8.67. The quantitative estimate of drug-likeness (QED) is 0.267. The van der Waals surface area contributed by atoms with Crippen molar-refractivity contribution < 1.29 is 4.42 Å². The third-order valence-corrected chi connectivity index (χ3v) is 6.66. The van der Waals surface area contributed by atoms with E-state index in [0.29, 0.717) is 0 Å². The predicted molar refractivity (Wildman–Crippen MR) is 145 cm³/mol. The van der Waals surface area contributed by atoms with Gasteiger partial charge < -0.3 is 13.9 Å². The average molecular weight is 451 g/mol. The molecule has 166 valence electrons. The fraction of sp³-hybridized carbons (Fsp3) is 0. The molecule has 0 atom stereocenters. The van der Waals surface area contributed by atoms with E-state index in [9.17, 15) is 0 Å². The lowest BCUT2D eigenvalue weighted by Crippen LogP contribution is -2.09. The fourth-order valence-electron chi connectivity index (χ4n) is 5.14. The van der Waals surface area contributed by atoms with Gasteiger partial charge in [-0.15, -0.1) is 0 Å². The number of rotatable bonds is 4. The maximum Gasteiger partial charge on any atom is 0.134 e. The van der Waals surface area contributed by atoms with Gasteiger partial charge in [0.2, 0.25) is 0 Å². The van der Waals surface area contributed by atoms with E-state index in [1.807, 2.05) is 0 Å².